The number of para-hydroxylation sites is 1. The minimum Gasteiger partial charge on any atom is -0.358 e. The van der Waals surface area contributed by atoms with Gasteiger partial charge < -0.3 is 4.74 Å². The van der Waals surface area contributed by atoms with E-state index in [4.69, 9.17) is 4.74 Å². The SMILES string of the molecule is CC1(C)OCN(Cc2ccccc2[N+](=O)[O-])C1C(=O)C=O. The number of aldehydes is 1. The maximum Gasteiger partial charge on any atom is 0.273 e. The zero-order valence-electron chi connectivity index (χ0n) is 11.8. The Morgan fingerprint density at radius 2 is 2.19 bits per heavy atom. The standard InChI is InChI=1S/C14H16N2O5/c1-14(2)13(12(18)8-17)15(9-21-14)7-10-5-3-4-6-11(10)16(19)20/h3-6,8,13H,7,9H2,1-2H3. The van der Waals surface area contributed by atoms with Crippen LogP contribution in [0.1, 0.15) is 19.4 Å². The summed E-state index contributed by atoms with van der Waals surface area (Å²) in [6.07, 6.45) is 0.271. The van der Waals surface area contributed by atoms with Crippen LogP contribution < -0.4 is 0 Å². The molecule has 0 spiro atoms. The number of nitro groups is 1. The Balaban J connectivity index is 2.29. The Labute approximate surface area is 121 Å². The van der Waals surface area contributed by atoms with Crippen LogP contribution in [-0.4, -0.2) is 40.3 Å². The number of ether oxygens (including phenoxy) is 1. The lowest BCUT2D eigenvalue weighted by molar-refractivity contribution is -0.385. The molecule has 0 radical (unpaired) electrons. The lowest BCUT2D eigenvalue weighted by Gasteiger charge is -2.27. The maximum absolute atomic E-state index is 11.8. The van der Waals surface area contributed by atoms with Gasteiger partial charge in [-0.3, -0.25) is 24.6 Å². The highest BCUT2D eigenvalue weighted by atomic mass is 16.6. The van der Waals surface area contributed by atoms with Crippen LogP contribution in [0.15, 0.2) is 24.3 Å². The van der Waals surface area contributed by atoms with Gasteiger partial charge in [-0.05, 0) is 13.8 Å². The number of hydrogen-bond acceptors (Lipinski definition) is 6. The number of rotatable bonds is 5. The van der Waals surface area contributed by atoms with Crippen LogP contribution in [-0.2, 0) is 20.9 Å². The number of carbonyl (C=O) groups is 2. The van der Waals surface area contributed by atoms with Gasteiger partial charge in [0.15, 0.2) is 6.29 Å². The lowest BCUT2D eigenvalue weighted by Crippen LogP contribution is -2.47. The molecule has 1 unspecified atom stereocenters. The first kappa shape index (κ1) is 15.3. The van der Waals surface area contributed by atoms with Crippen molar-refractivity contribution in [2.45, 2.75) is 32.0 Å². The van der Waals surface area contributed by atoms with E-state index in [0.717, 1.165) is 0 Å². The van der Waals surface area contributed by atoms with Crippen molar-refractivity contribution in [2.24, 2.45) is 0 Å². The summed E-state index contributed by atoms with van der Waals surface area (Å²) in [6, 6.07) is 5.58. The number of ketones is 1. The number of benzene rings is 1. The second-order valence-electron chi connectivity index (χ2n) is 5.43. The smallest absolute Gasteiger partial charge is 0.273 e. The summed E-state index contributed by atoms with van der Waals surface area (Å²) in [5.41, 5.74) is -0.339. The van der Waals surface area contributed by atoms with E-state index in [1.54, 1.807) is 36.9 Å². The molecule has 0 aliphatic carbocycles. The normalized spacial score (nSPS) is 21.1. The van der Waals surface area contributed by atoms with Crippen molar-refractivity contribution in [1.29, 1.82) is 0 Å². The highest BCUT2D eigenvalue weighted by molar-refractivity contribution is 6.27. The predicted molar refractivity (Wildman–Crippen MR) is 73.5 cm³/mol. The monoisotopic (exact) mass is 292 g/mol. The van der Waals surface area contributed by atoms with E-state index in [1.165, 1.54) is 6.07 Å². The van der Waals surface area contributed by atoms with E-state index in [-0.39, 0.29) is 25.2 Å². The molecule has 112 valence electrons. The molecule has 0 amide bonds. The fourth-order valence-electron chi connectivity index (χ4n) is 2.61. The Hall–Kier alpha value is -2.12. The fraction of sp³-hybridized carbons (Fsp3) is 0.429. The summed E-state index contributed by atoms with van der Waals surface area (Å²) in [5.74, 6) is -0.587. The van der Waals surface area contributed by atoms with Crippen molar-refractivity contribution in [2.75, 3.05) is 6.73 Å². The molecule has 7 nitrogen and oxygen atoms in total. The van der Waals surface area contributed by atoms with Gasteiger partial charge in [-0.15, -0.1) is 0 Å². The molecule has 1 heterocycles. The molecule has 7 heteroatoms. The van der Waals surface area contributed by atoms with Crippen molar-refractivity contribution in [3.63, 3.8) is 0 Å². The maximum atomic E-state index is 11.8. The van der Waals surface area contributed by atoms with Gasteiger partial charge in [-0.25, -0.2) is 0 Å². The molecule has 1 fully saturated rings. The Morgan fingerprint density at radius 1 is 1.52 bits per heavy atom. The molecule has 1 aliphatic rings. The third-order valence-corrected chi connectivity index (χ3v) is 3.57. The molecular formula is C14H16N2O5. The molecule has 1 atom stereocenters. The minimum absolute atomic E-state index is 0.0143. The molecule has 0 aromatic heterocycles. The van der Waals surface area contributed by atoms with Gasteiger partial charge in [0.25, 0.3) is 5.69 Å². The topological polar surface area (TPSA) is 89.8 Å². The third-order valence-electron chi connectivity index (χ3n) is 3.57. The molecule has 0 bridgehead atoms. The molecule has 1 aromatic rings. The largest absolute Gasteiger partial charge is 0.358 e. The first-order chi connectivity index (χ1) is 9.86. The summed E-state index contributed by atoms with van der Waals surface area (Å²) >= 11 is 0. The van der Waals surface area contributed by atoms with Crippen LogP contribution >= 0.6 is 0 Å². The lowest BCUT2D eigenvalue weighted by atomic mass is 9.95. The van der Waals surface area contributed by atoms with E-state index < -0.39 is 22.3 Å². The zero-order chi connectivity index (χ0) is 15.6. The van der Waals surface area contributed by atoms with Crippen molar-refractivity contribution in [3.05, 3.63) is 39.9 Å². The van der Waals surface area contributed by atoms with Crippen molar-refractivity contribution in [1.82, 2.24) is 4.90 Å². The second-order valence-corrected chi connectivity index (χ2v) is 5.43. The van der Waals surface area contributed by atoms with Crippen molar-refractivity contribution < 1.29 is 19.2 Å². The Bertz CT molecular complexity index is 584. The molecule has 0 N–H and O–H groups in total. The first-order valence-corrected chi connectivity index (χ1v) is 6.46. The van der Waals surface area contributed by atoms with Gasteiger partial charge in [0.1, 0.15) is 12.8 Å². The van der Waals surface area contributed by atoms with Gasteiger partial charge in [-0.1, -0.05) is 18.2 Å². The number of hydrogen-bond donors (Lipinski definition) is 0. The number of carbonyl (C=O) groups excluding carboxylic acids is 2. The fourth-order valence-corrected chi connectivity index (χ4v) is 2.61. The van der Waals surface area contributed by atoms with Gasteiger partial charge in [-0.2, -0.15) is 0 Å². The molecular weight excluding hydrogens is 276 g/mol. The summed E-state index contributed by atoms with van der Waals surface area (Å²) in [7, 11) is 0. The van der Waals surface area contributed by atoms with Gasteiger partial charge in [0.2, 0.25) is 5.78 Å². The highest BCUT2D eigenvalue weighted by Gasteiger charge is 2.46. The number of Topliss-reactive ketones (excluding diaryl/α,β-unsaturated/α-hetero) is 1. The second kappa shape index (κ2) is 5.71. The van der Waals surface area contributed by atoms with E-state index in [0.29, 0.717) is 5.56 Å². The van der Waals surface area contributed by atoms with E-state index in [2.05, 4.69) is 0 Å². The van der Waals surface area contributed by atoms with Crippen LogP contribution in [0.4, 0.5) is 5.69 Å². The van der Waals surface area contributed by atoms with Crippen molar-refractivity contribution >= 4 is 17.8 Å². The molecule has 1 aromatic carbocycles. The summed E-state index contributed by atoms with van der Waals surface area (Å²) < 4.78 is 5.54. The van der Waals surface area contributed by atoms with Crippen LogP contribution in [0.2, 0.25) is 0 Å². The van der Waals surface area contributed by atoms with Crippen LogP contribution in [0.3, 0.4) is 0 Å². The van der Waals surface area contributed by atoms with Gasteiger partial charge in [0, 0.05) is 18.2 Å². The molecule has 21 heavy (non-hydrogen) atoms. The van der Waals surface area contributed by atoms with Crippen LogP contribution in [0.25, 0.3) is 0 Å². The highest BCUT2D eigenvalue weighted by Crippen LogP contribution is 2.31. The Morgan fingerprint density at radius 3 is 2.81 bits per heavy atom. The zero-order valence-corrected chi connectivity index (χ0v) is 11.8. The predicted octanol–water partition coefficient (Wildman–Crippen LogP) is 1.30. The van der Waals surface area contributed by atoms with E-state index in [9.17, 15) is 19.7 Å². The van der Waals surface area contributed by atoms with Crippen LogP contribution in [0, 0.1) is 10.1 Å². The van der Waals surface area contributed by atoms with E-state index >= 15 is 0 Å². The van der Waals surface area contributed by atoms with Gasteiger partial charge >= 0.3 is 0 Å². The average molecular weight is 292 g/mol. The summed E-state index contributed by atoms with van der Waals surface area (Å²) in [4.78, 5) is 34.8. The van der Waals surface area contributed by atoms with E-state index in [1.807, 2.05) is 0 Å². The third kappa shape index (κ3) is 2.98. The number of nitro benzene ring substituents is 1. The van der Waals surface area contributed by atoms with Crippen molar-refractivity contribution in [3.8, 4) is 0 Å². The Kier molecular flexibility index (Phi) is 4.15. The van der Waals surface area contributed by atoms with Crippen LogP contribution in [0.5, 0.6) is 0 Å². The molecule has 2 rings (SSSR count). The minimum atomic E-state index is -0.804. The number of nitrogens with zero attached hydrogens (tertiary/aromatic N) is 2. The molecule has 1 aliphatic heterocycles. The first-order valence-electron chi connectivity index (χ1n) is 6.46. The summed E-state index contributed by atoms with van der Waals surface area (Å²) in [6.45, 7) is 3.76. The quantitative estimate of drug-likeness (QED) is 0.352. The average Bonchev–Trinajstić information content (AvgIpc) is 2.73. The molecule has 1 saturated heterocycles. The summed E-state index contributed by atoms with van der Waals surface area (Å²) in [5, 5.41) is 11.0. The van der Waals surface area contributed by atoms with Gasteiger partial charge in [0.05, 0.1) is 10.5 Å². The molecule has 0 saturated carbocycles.